The Labute approximate surface area is 298 Å². The number of fused-ring (bicyclic) bond motifs is 3. The van der Waals surface area contributed by atoms with Crippen LogP contribution in [0.15, 0.2) is 30.3 Å². The number of aromatic hydroxyl groups is 1. The van der Waals surface area contributed by atoms with Crippen molar-refractivity contribution in [2.24, 2.45) is 29.4 Å². The summed E-state index contributed by atoms with van der Waals surface area (Å²) in [4.78, 5) is 96.2. The molecule has 52 heavy (non-hydrogen) atoms. The average molecular weight is 723 g/mol. The number of hydrogen-bond donors (Lipinski definition) is 5. The van der Waals surface area contributed by atoms with E-state index in [1.807, 2.05) is 0 Å². The van der Waals surface area contributed by atoms with Gasteiger partial charge in [0.2, 0.25) is 5.91 Å². The van der Waals surface area contributed by atoms with Gasteiger partial charge in [-0.05, 0) is 70.5 Å². The third kappa shape index (κ3) is 6.39. The van der Waals surface area contributed by atoms with Crippen molar-refractivity contribution in [2.45, 2.75) is 50.5 Å². The van der Waals surface area contributed by atoms with E-state index < -0.39 is 86.7 Å². The fraction of sp³-hybridized carbons (Fsp3) is 0.486. The van der Waals surface area contributed by atoms with Gasteiger partial charge < -0.3 is 36.2 Å². The molecule has 17 heteroatoms. The van der Waals surface area contributed by atoms with Crippen molar-refractivity contribution in [3.05, 3.63) is 57.1 Å². The number of urea groups is 1. The number of primary amides is 1. The lowest BCUT2D eigenvalue weighted by Crippen LogP contribution is -2.74. The summed E-state index contributed by atoms with van der Waals surface area (Å²) >= 11 is 0. The minimum absolute atomic E-state index is 0.0429. The lowest BCUT2D eigenvalue weighted by molar-refractivity contribution is -0.384. The number of hydrogen-bond acceptors (Lipinski definition) is 13. The van der Waals surface area contributed by atoms with E-state index in [4.69, 9.17) is 5.73 Å². The first-order chi connectivity index (χ1) is 24.1. The number of aliphatic hydroxyl groups is 2. The molecule has 6 atom stereocenters. The molecule has 0 spiro atoms. The largest absolute Gasteiger partial charge is 0.507 e. The van der Waals surface area contributed by atoms with E-state index in [1.165, 1.54) is 62.0 Å². The van der Waals surface area contributed by atoms with E-state index in [0.717, 1.165) is 0 Å². The molecule has 5 rings (SSSR count). The number of anilines is 2. The summed E-state index contributed by atoms with van der Waals surface area (Å²) < 4.78 is 0. The van der Waals surface area contributed by atoms with Crippen molar-refractivity contribution in [3.8, 4) is 5.75 Å². The Morgan fingerprint density at radius 1 is 1.08 bits per heavy atom. The molecule has 2 aromatic carbocycles. The van der Waals surface area contributed by atoms with Gasteiger partial charge in [0.25, 0.3) is 5.69 Å². The van der Waals surface area contributed by atoms with E-state index >= 15 is 0 Å². The van der Waals surface area contributed by atoms with Crippen molar-refractivity contribution in [1.29, 1.82) is 0 Å². The SMILES string of the molecule is CN(C)c1cc(CN(CC(C)(C)O)C(=O)Nc2ccc([N+](=O)[O-])cc2)c(O)c2c1C[C@H]1C[C@H]3[C@H](N(C)C)C(=O)C(C(N)=O)C(=O)[C@@]3(O)C(=O)C1C2=O. The molecule has 0 heterocycles. The van der Waals surface area contributed by atoms with Gasteiger partial charge in [0, 0.05) is 49.1 Å². The lowest BCUT2D eigenvalue weighted by atomic mass is 9.52. The molecule has 2 unspecified atom stereocenters. The topological polar surface area (TPSA) is 254 Å². The molecule has 2 aromatic rings. The first kappa shape index (κ1) is 38.0. The van der Waals surface area contributed by atoms with Gasteiger partial charge in [-0.3, -0.25) is 39.0 Å². The third-order valence-corrected chi connectivity index (χ3v) is 10.2. The Balaban J connectivity index is 1.56. The number of nitrogens with one attached hydrogen (secondary N) is 1. The van der Waals surface area contributed by atoms with Crippen molar-refractivity contribution in [2.75, 3.05) is 45.0 Å². The number of carbonyl (C=O) groups excluding carboxylic acids is 6. The number of nitro benzene ring substituents is 1. The van der Waals surface area contributed by atoms with Crippen molar-refractivity contribution in [1.82, 2.24) is 9.80 Å². The highest BCUT2D eigenvalue weighted by atomic mass is 16.6. The quantitative estimate of drug-likeness (QED) is 0.136. The van der Waals surface area contributed by atoms with E-state index in [0.29, 0.717) is 11.3 Å². The molecule has 0 saturated heterocycles. The molecule has 0 bridgehead atoms. The number of ketones is 4. The van der Waals surface area contributed by atoms with E-state index in [9.17, 15) is 54.2 Å². The summed E-state index contributed by atoms with van der Waals surface area (Å²) in [5.41, 5.74) is 1.77. The zero-order valence-corrected chi connectivity index (χ0v) is 29.6. The molecule has 0 radical (unpaired) electrons. The smallest absolute Gasteiger partial charge is 0.322 e. The highest BCUT2D eigenvalue weighted by Gasteiger charge is 2.69. The monoisotopic (exact) mass is 722 g/mol. The zero-order chi connectivity index (χ0) is 38.8. The molecule has 0 aromatic heterocycles. The Hall–Kier alpha value is -5.26. The van der Waals surface area contributed by atoms with Crippen LogP contribution in [0.25, 0.3) is 0 Å². The van der Waals surface area contributed by atoms with Gasteiger partial charge in [0.05, 0.1) is 41.1 Å². The van der Waals surface area contributed by atoms with Crippen LogP contribution in [-0.4, -0.2) is 117 Å². The number of carbonyl (C=O) groups is 6. The highest BCUT2D eigenvalue weighted by Crippen LogP contribution is 2.52. The Morgan fingerprint density at radius 3 is 2.21 bits per heavy atom. The number of benzene rings is 2. The molecule has 0 aliphatic heterocycles. The molecule has 278 valence electrons. The molecule has 3 aliphatic rings. The van der Waals surface area contributed by atoms with E-state index in [1.54, 1.807) is 25.1 Å². The van der Waals surface area contributed by atoms with Crippen LogP contribution in [0, 0.1) is 33.8 Å². The van der Waals surface area contributed by atoms with Crippen LogP contribution < -0.4 is 16.0 Å². The van der Waals surface area contributed by atoms with Crippen molar-refractivity contribution < 1.29 is 49.0 Å². The number of nitrogens with zero attached hydrogens (tertiary/aromatic N) is 4. The first-order valence-corrected chi connectivity index (χ1v) is 16.5. The van der Waals surface area contributed by atoms with Gasteiger partial charge in [-0.25, -0.2) is 4.79 Å². The maximum Gasteiger partial charge on any atom is 0.322 e. The van der Waals surface area contributed by atoms with Gasteiger partial charge in [0.15, 0.2) is 34.7 Å². The fourth-order valence-electron chi connectivity index (χ4n) is 7.97. The van der Waals surface area contributed by atoms with Crippen LogP contribution in [0.1, 0.15) is 41.8 Å². The number of phenols is 1. The number of likely N-dealkylation sites (N-methyl/N-ethyl adjacent to an activating group) is 1. The van der Waals surface area contributed by atoms with Gasteiger partial charge in [-0.1, -0.05) is 0 Å². The van der Waals surface area contributed by atoms with Crippen LogP contribution in [0.5, 0.6) is 5.75 Å². The molecule has 3 amide bonds. The minimum Gasteiger partial charge on any atom is -0.507 e. The van der Waals surface area contributed by atoms with Gasteiger partial charge >= 0.3 is 6.03 Å². The number of amides is 3. The Bertz CT molecular complexity index is 1890. The van der Waals surface area contributed by atoms with Gasteiger partial charge in [-0.15, -0.1) is 0 Å². The second-order valence-corrected chi connectivity index (χ2v) is 14.8. The van der Waals surface area contributed by atoms with Crippen LogP contribution >= 0.6 is 0 Å². The molecule has 17 nitrogen and oxygen atoms in total. The normalized spacial score (nSPS) is 25.6. The maximum atomic E-state index is 14.4. The maximum absolute atomic E-state index is 14.4. The van der Waals surface area contributed by atoms with Gasteiger partial charge in [-0.2, -0.15) is 0 Å². The Morgan fingerprint density at radius 2 is 1.69 bits per heavy atom. The Kier molecular flexibility index (Phi) is 9.77. The number of nitrogens with two attached hydrogens (primary N) is 1. The lowest BCUT2D eigenvalue weighted by Gasteiger charge is -2.52. The number of rotatable bonds is 9. The predicted molar refractivity (Wildman–Crippen MR) is 185 cm³/mol. The second-order valence-electron chi connectivity index (χ2n) is 14.8. The molecule has 2 saturated carbocycles. The van der Waals surface area contributed by atoms with Crippen LogP contribution in [0.2, 0.25) is 0 Å². The third-order valence-electron chi connectivity index (χ3n) is 10.2. The number of Topliss-reactive ketones (excluding diaryl/α,β-unsaturated/α-hetero) is 4. The standard InChI is InChI=1S/C35H42N6O11/c1-34(2,49)15-40(33(48)37-18-7-9-19(10-8-18)41(51)52)14-17-13-22(38(3)4)20-11-16-12-21-26(39(5)6)29(44)25(32(36)47)31(46)35(21,50)30(45)23(16)28(43)24(20)27(17)42/h7-10,13,16,21,23,25-26,42,49-50H,11-12,14-15H2,1-6H3,(H2,36,47)(H,37,48)/t16-,21-,23?,25?,26-,35-/m0/s1. The number of non-ortho nitro benzene ring substituents is 1. The average Bonchev–Trinajstić information content (AvgIpc) is 3.02. The highest BCUT2D eigenvalue weighted by molar-refractivity contribution is 6.32. The summed E-state index contributed by atoms with van der Waals surface area (Å²) in [5.74, 6) is -11.9. The van der Waals surface area contributed by atoms with Crippen LogP contribution in [0.4, 0.5) is 21.9 Å². The van der Waals surface area contributed by atoms with Gasteiger partial charge in [0.1, 0.15) is 5.75 Å². The minimum atomic E-state index is -2.88. The zero-order valence-electron chi connectivity index (χ0n) is 29.6. The molecule has 3 aliphatic carbocycles. The number of nitro groups is 1. The molecular weight excluding hydrogens is 680 g/mol. The fourth-order valence-corrected chi connectivity index (χ4v) is 7.97. The van der Waals surface area contributed by atoms with Crippen LogP contribution in [-0.2, 0) is 32.1 Å². The summed E-state index contributed by atoms with van der Waals surface area (Å²) in [6, 6.07) is 4.65. The van der Waals surface area contributed by atoms with Crippen LogP contribution in [0.3, 0.4) is 0 Å². The summed E-state index contributed by atoms with van der Waals surface area (Å²) in [7, 11) is 6.40. The molecule has 6 N–H and O–H groups in total. The summed E-state index contributed by atoms with van der Waals surface area (Å²) in [5, 5.41) is 48.0. The number of phenolic OH excluding ortho intramolecular Hbond substituents is 1. The molecule has 2 fully saturated rings. The van der Waals surface area contributed by atoms with Crippen molar-refractivity contribution >= 4 is 52.1 Å². The van der Waals surface area contributed by atoms with E-state index in [2.05, 4.69) is 5.32 Å². The first-order valence-electron chi connectivity index (χ1n) is 16.5. The summed E-state index contributed by atoms with van der Waals surface area (Å²) in [6.45, 7) is 2.30. The van der Waals surface area contributed by atoms with E-state index in [-0.39, 0.29) is 48.4 Å². The molecular formula is C35H42N6O11. The van der Waals surface area contributed by atoms with Crippen molar-refractivity contribution in [3.63, 3.8) is 0 Å². The second kappa shape index (κ2) is 13.4. The predicted octanol–water partition coefficient (Wildman–Crippen LogP) is 0.646. The summed E-state index contributed by atoms with van der Waals surface area (Å²) in [6.07, 6.45) is -0.0668.